The molecule has 2 aliphatic rings. The fourth-order valence-corrected chi connectivity index (χ4v) is 4.06. The molecule has 2 N–H and O–H groups in total. The summed E-state index contributed by atoms with van der Waals surface area (Å²) in [6.45, 7) is 3.64. The summed E-state index contributed by atoms with van der Waals surface area (Å²) in [4.78, 5) is 40.7. The molecule has 0 saturated carbocycles. The van der Waals surface area contributed by atoms with Gasteiger partial charge in [0.25, 0.3) is 5.91 Å². The van der Waals surface area contributed by atoms with Crippen molar-refractivity contribution in [3.05, 3.63) is 33.7 Å². The summed E-state index contributed by atoms with van der Waals surface area (Å²) in [7, 11) is 1.61. The molecule has 4 amide bonds. The Labute approximate surface area is 162 Å². The molecule has 0 aliphatic carbocycles. The molecule has 1 aromatic heterocycles. The van der Waals surface area contributed by atoms with Crippen molar-refractivity contribution in [1.82, 2.24) is 20.4 Å². The van der Waals surface area contributed by atoms with Crippen LogP contribution in [0.4, 0.5) is 4.79 Å². The van der Waals surface area contributed by atoms with E-state index in [1.807, 2.05) is 23.8 Å². The van der Waals surface area contributed by atoms with Crippen LogP contribution in [-0.4, -0.2) is 67.5 Å². The number of amides is 4. The smallest absolute Gasteiger partial charge is 0.322 e. The molecule has 1 aromatic rings. The first-order valence-electron chi connectivity index (χ1n) is 8.94. The molecule has 0 saturated heterocycles. The Hall–Kier alpha value is -2.39. The second-order valence-electron chi connectivity index (χ2n) is 6.40. The summed E-state index contributed by atoms with van der Waals surface area (Å²) in [5.41, 5.74) is 2.13. The molecule has 146 valence electrons. The molecule has 1 atom stereocenters. The van der Waals surface area contributed by atoms with Crippen LogP contribution in [0.25, 0.3) is 0 Å². The van der Waals surface area contributed by atoms with Crippen LogP contribution in [0, 0.1) is 0 Å². The number of hydrogen-bond acceptors (Lipinski definition) is 5. The second-order valence-corrected chi connectivity index (χ2v) is 7.18. The van der Waals surface area contributed by atoms with Crippen molar-refractivity contribution in [2.75, 3.05) is 39.9 Å². The van der Waals surface area contributed by atoms with E-state index in [1.165, 1.54) is 16.2 Å². The molecule has 27 heavy (non-hydrogen) atoms. The fourth-order valence-electron chi connectivity index (χ4n) is 3.37. The molecule has 2 aliphatic heterocycles. The van der Waals surface area contributed by atoms with E-state index in [0.29, 0.717) is 37.4 Å². The van der Waals surface area contributed by atoms with Crippen LogP contribution in [0.15, 0.2) is 28.1 Å². The third kappa shape index (κ3) is 3.98. The number of methoxy groups -OCH3 is 1. The van der Waals surface area contributed by atoms with Gasteiger partial charge in [0.1, 0.15) is 6.54 Å². The van der Waals surface area contributed by atoms with Gasteiger partial charge >= 0.3 is 6.03 Å². The van der Waals surface area contributed by atoms with E-state index in [1.54, 1.807) is 12.0 Å². The molecular weight excluding hydrogens is 368 g/mol. The average molecular weight is 392 g/mol. The molecule has 0 fully saturated rings. The maximum absolute atomic E-state index is 13.0. The number of hydrogen-bond donors (Lipinski definition) is 2. The van der Waals surface area contributed by atoms with Crippen molar-refractivity contribution in [3.8, 4) is 0 Å². The number of thiophene rings is 1. The highest BCUT2D eigenvalue weighted by Crippen LogP contribution is 2.36. The van der Waals surface area contributed by atoms with Gasteiger partial charge in [-0.2, -0.15) is 11.3 Å². The van der Waals surface area contributed by atoms with Crippen molar-refractivity contribution >= 4 is 29.2 Å². The zero-order chi connectivity index (χ0) is 19.4. The zero-order valence-electron chi connectivity index (χ0n) is 15.5. The lowest BCUT2D eigenvalue weighted by Gasteiger charge is -2.32. The van der Waals surface area contributed by atoms with E-state index in [0.717, 1.165) is 5.56 Å². The third-order valence-corrected chi connectivity index (χ3v) is 5.37. The first-order valence-corrected chi connectivity index (χ1v) is 9.89. The van der Waals surface area contributed by atoms with Crippen molar-refractivity contribution in [2.45, 2.75) is 19.4 Å². The molecule has 0 radical (unpaired) electrons. The fraction of sp³-hybridized carbons (Fsp3) is 0.500. The first kappa shape index (κ1) is 19.4. The van der Waals surface area contributed by atoms with Gasteiger partial charge in [0.05, 0.1) is 23.9 Å². The monoisotopic (exact) mass is 392 g/mol. The third-order valence-electron chi connectivity index (χ3n) is 4.67. The topological polar surface area (TPSA) is 91.0 Å². The van der Waals surface area contributed by atoms with E-state index in [4.69, 9.17) is 4.74 Å². The Kier molecular flexibility index (Phi) is 6.12. The summed E-state index contributed by atoms with van der Waals surface area (Å²) in [5, 5.41) is 9.55. The van der Waals surface area contributed by atoms with Gasteiger partial charge in [0.15, 0.2) is 0 Å². The Morgan fingerprint density at radius 2 is 2.26 bits per heavy atom. The number of carbonyl (C=O) groups is 3. The van der Waals surface area contributed by atoms with Gasteiger partial charge in [0, 0.05) is 26.8 Å². The molecular formula is C18H24N4O4S. The number of urea groups is 1. The van der Waals surface area contributed by atoms with Crippen molar-refractivity contribution in [2.24, 2.45) is 0 Å². The largest absolute Gasteiger partial charge is 0.385 e. The Balaban J connectivity index is 1.74. The predicted octanol–water partition coefficient (Wildman–Crippen LogP) is 1.08. The molecule has 3 rings (SSSR count). The van der Waals surface area contributed by atoms with E-state index < -0.39 is 6.04 Å². The standard InChI is InChI=1S/C18H24N4O4S/c1-3-22-13-9-21(10-14(23)19-6-4-7-26-2)17(24)15(13)16(20-18(22)25)12-5-8-27-11-12/h5,8,11,16H,3-4,6-7,9-10H2,1-2H3,(H,19,23)(H,20,25). The van der Waals surface area contributed by atoms with Crippen molar-refractivity contribution in [1.29, 1.82) is 0 Å². The highest BCUT2D eigenvalue weighted by molar-refractivity contribution is 7.08. The highest BCUT2D eigenvalue weighted by Gasteiger charge is 2.43. The second kappa shape index (κ2) is 8.53. The SMILES string of the molecule is CCN1C(=O)NC(c2ccsc2)C2=C1CN(CC(=O)NCCCOC)C2=O. The maximum atomic E-state index is 13.0. The van der Waals surface area contributed by atoms with Gasteiger partial charge < -0.3 is 20.3 Å². The van der Waals surface area contributed by atoms with Crippen LogP contribution < -0.4 is 10.6 Å². The molecule has 1 unspecified atom stereocenters. The minimum atomic E-state index is -0.469. The lowest BCUT2D eigenvalue weighted by molar-refractivity contribution is -0.131. The molecule has 3 heterocycles. The van der Waals surface area contributed by atoms with Gasteiger partial charge in [-0.1, -0.05) is 0 Å². The Bertz CT molecular complexity index is 747. The minimum Gasteiger partial charge on any atom is -0.385 e. The summed E-state index contributed by atoms with van der Waals surface area (Å²) < 4.78 is 4.95. The van der Waals surface area contributed by atoms with E-state index in [9.17, 15) is 14.4 Å². The van der Waals surface area contributed by atoms with Crippen molar-refractivity contribution in [3.63, 3.8) is 0 Å². The van der Waals surface area contributed by atoms with Gasteiger partial charge in [-0.05, 0) is 35.7 Å². The van der Waals surface area contributed by atoms with E-state index in [-0.39, 0.29) is 30.9 Å². The molecule has 0 spiro atoms. The average Bonchev–Trinajstić information content (AvgIpc) is 3.28. The number of nitrogens with one attached hydrogen (secondary N) is 2. The van der Waals surface area contributed by atoms with Gasteiger partial charge in [-0.15, -0.1) is 0 Å². The normalized spacial score (nSPS) is 19.4. The Morgan fingerprint density at radius 3 is 2.93 bits per heavy atom. The van der Waals surface area contributed by atoms with Gasteiger partial charge in [-0.3, -0.25) is 14.5 Å². The molecule has 8 nitrogen and oxygen atoms in total. The molecule has 9 heteroatoms. The van der Waals surface area contributed by atoms with Crippen LogP contribution in [0.2, 0.25) is 0 Å². The molecule has 0 bridgehead atoms. The van der Waals surface area contributed by atoms with E-state index >= 15 is 0 Å². The Morgan fingerprint density at radius 1 is 1.44 bits per heavy atom. The number of likely N-dealkylation sites (N-methyl/N-ethyl adjacent to an activating group) is 1. The lowest BCUT2D eigenvalue weighted by Crippen LogP contribution is -2.47. The van der Waals surface area contributed by atoms with Gasteiger partial charge in [0.2, 0.25) is 5.91 Å². The number of ether oxygens (including phenoxy) is 1. The zero-order valence-corrected chi connectivity index (χ0v) is 16.3. The number of carbonyl (C=O) groups excluding carboxylic acids is 3. The summed E-state index contributed by atoms with van der Waals surface area (Å²) in [6.07, 6.45) is 0.715. The quantitative estimate of drug-likeness (QED) is 0.648. The summed E-state index contributed by atoms with van der Waals surface area (Å²) >= 11 is 1.51. The maximum Gasteiger partial charge on any atom is 0.322 e. The van der Waals surface area contributed by atoms with Crippen LogP contribution in [-0.2, 0) is 14.3 Å². The predicted molar refractivity (Wildman–Crippen MR) is 101 cm³/mol. The van der Waals surface area contributed by atoms with Crippen LogP contribution in [0.5, 0.6) is 0 Å². The summed E-state index contributed by atoms with van der Waals surface area (Å²) in [6, 6.07) is 1.22. The van der Waals surface area contributed by atoms with Gasteiger partial charge in [-0.25, -0.2) is 4.79 Å². The first-order chi connectivity index (χ1) is 13.1. The number of nitrogens with zero attached hydrogens (tertiary/aromatic N) is 2. The highest BCUT2D eigenvalue weighted by atomic mass is 32.1. The van der Waals surface area contributed by atoms with Crippen LogP contribution >= 0.6 is 11.3 Å². The minimum absolute atomic E-state index is 0.0269. The number of rotatable bonds is 8. The van der Waals surface area contributed by atoms with Crippen LogP contribution in [0.1, 0.15) is 24.9 Å². The molecule has 0 aromatic carbocycles. The lowest BCUT2D eigenvalue weighted by atomic mass is 9.98. The van der Waals surface area contributed by atoms with E-state index in [2.05, 4.69) is 10.6 Å². The summed E-state index contributed by atoms with van der Waals surface area (Å²) in [5.74, 6) is -0.416. The van der Waals surface area contributed by atoms with Crippen molar-refractivity contribution < 1.29 is 19.1 Å². The van der Waals surface area contributed by atoms with Crippen LogP contribution in [0.3, 0.4) is 0 Å².